The van der Waals surface area contributed by atoms with E-state index in [0.29, 0.717) is 5.89 Å². The Morgan fingerprint density at radius 2 is 1.89 bits per heavy atom. The molecule has 1 fully saturated rings. The zero-order valence-electron chi connectivity index (χ0n) is 11.2. The van der Waals surface area contributed by atoms with E-state index in [2.05, 4.69) is 19.9 Å². The molecule has 1 aliphatic heterocycles. The number of aliphatic hydroxyl groups is 1. The van der Waals surface area contributed by atoms with Gasteiger partial charge in [-0.25, -0.2) is 0 Å². The smallest absolute Gasteiger partial charge is 0.229 e. The Labute approximate surface area is 108 Å². The largest absolute Gasteiger partial charge is 0.395 e. The molecule has 2 rings (SSSR count). The van der Waals surface area contributed by atoms with Crippen LogP contribution in [0.5, 0.6) is 0 Å². The van der Waals surface area contributed by atoms with Gasteiger partial charge >= 0.3 is 0 Å². The molecule has 0 radical (unpaired) electrons. The predicted octanol–water partition coefficient (Wildman–Crippen LogP) is 0.303. The maximum atomic E-state index is 8.89. The van der Waals surface area contributed by atoms with Crippen LogP contribution in [-0.4, -0.2) is 64.4 Å². The van der Waals surface area contributed by atoms with E-state index in [0.717, 1.165) is 45.1 Å². The summed E-state index contributed by atoms with van der Waals surface area (Å²) >= 11 is 0. The second-order valence-corrected chi connectivity index (χ2v) is 5.04. The minimum absolute atomic E-state index is 0.239. The van der Waals surface area contributed by atoms with E-state index < -0.39 is 0 Å². The Balaban J connectivity index is 1.80. The molecule has 0 bridgehead atoms. The average molecular weight is 254 g/mol. The zero-order chi connectivity index (χ0) is 13.0. The van der Waals surface area contributed by atoms with Crippen molar-refractivity contribution in [2.24, 2.45) is 0 Å². The molecule has 0 aliphatic carbocycles. The lowest BCUT2D eigenvalue weighted by molar-refractivity contribution is 0.106. The number of aliphatic hydroxyl groups excluding tert-OH is 1. The van der Waals surface area contributed by atoms with Gasteiger partial charge in [-0.05, 0) is 0 Å². The standard InChI is InChI=1S/C12H22N4O2/c1-10(2)12-13-11(14-18-12)9-16-5-3-15(4-6-16)7-8-17/h10,17H,3-9H2,1-2H3. The topological polar surface area (TPSA) is 65.6 Å². The highest BCUT2D eigenvalue weighted by Gasteiger charge is 2.18. The van der Waals surface area contributed by atoms with Gasteiger partial charge in [0.05, 0.1) is 13.2 Å². The second kappa shape index (κ2) is 6.26. The van der Waals surface area contributed by atoms with Crippen molar-refractivity contribution in [2.75, 3.05) is 39.3 Å². The molecular weight excluding hydrogens is 232 g/mol. The van der Waals surface area contributed by atoms with Gasteiger partial charge in [0.1, 0.15) is 0 Å². The van der Waals surface area contributed by atoms with E-state index in [1.807, 2.05) is 13.8 Å². The lowest BCUT2D eigenvalue weighted by Gasteiger charge is -2.33. The third kappa shape index (κ3) is 3.51. The minimum atomic E-state index is 0.239. The van der Waals surface area contributed by atoms with Crippen LogP contribution in [0, 0.1) is 0 Å². The van der Waals surface area contributed by atoms with Gasteiger partial charge in [-0.2, -0.15) is 4.98 Å². The molecule has 1 N–H and O–H groups in total. The summed E-state index contributed by atoms with van der Waals surface area (Å²) in [7, 11) is 0. The molecule has 1 aromatic heterocycles. The first-order chi connectivity index (χ1) is 8.69. The fraction of sp³-hybridized carbons (Fsp3) is 0.833. The molecule has 0 unspecified atom stereocenters. The van der Waals surface area contributed by atoms with Crippen molar-refractivity contribution in [1.29, 1.82) is 0 Å². The molecule has 6 heteroatoms. The maximum absolute atomic E-state index is 8.89. The van der Waals surface area contributed by atoms with Crippen LogP contribution in [0.2, 0.25) is 0 Å². The van der Waals surface area contributed by atoms with E-state index in [-0.39, 0.29) is 12.5 Å². The van der Waals surface area contributed by atoms with Crippen LogP contribution in [0.4, 0.5) is 0 Å². The summed E-state index contributed by atoms with van der Waals surface area (Å²) in [6.07, 6.45) is 0. The van der Waals surface area contributed by atoms with Gasteiger partial charge in [0.25, 0.3) is 0 Å². The normalized spacial score (nSPS) is 18.7. The van der Waals surface area contributed by atoms with Crippen molar-refractivity contribution in [3.05, 3.63) is 11.7 Å². The Bertz CT molecular complexity index is 359. The number of nitrogens with zero attached hydrogens (tertiary/aromatic N) is 4. The summed E-state index contributed by atoms with van der Waals surface area (Å²) in [6.45, 7) is 9.83. The molecule has 2 heterocycles. The van der Waals surface area contributed by atoms with E-state index in [9.17, 15) is 0 Å². The first kappa shape index (κ1) is 13.5. The number of β-amino-alcohol motifs (C(OH)–C–C–N with tert-alkyl or cyclic N) is 1. The van der Waals surface area contributed by atoms with Crippen LogP contribution in [0.3, 0.4) is 0 Å². The number of piperazine rings is 1. The molecule has 1 saturated heterocycles. The number of rotatable bonds is 5. The van der Waals surface area contributed by atoms with Crippen molar-refractivity contribution >= 4 is 0 Å². The van der Waals surface area contributed by atoms with E-state index in [4.69, 9.17) is 9.63 Å². The fourth-order valence-electron chi connectivity index (χ4n) is 2.08. The van der Waals surface area contributed by atoms with Gasteiger partial charge in [-0.3, -0.25) is 9.80 Å². The summed E-state index contributed by atoms with van der Waals surface area (Å²) in [5.41, 5.74) is 0. The van der Waals surface area contributed by atoms with Gasteiger partial charge in [0.2, 0.25) is 5.89 Å². The first-order valence-corrected chi connectivity index (χ1v) is 6.57. The summed E-state index contributed by atoms with van der Waals surface area (Å²) < 4.78 is 5.20. The van der Waals surface area contributed by atoms with Gasteiger partial charge in [-0.15, -0.1) is 0 Å². The van der Waals surface area contributed by atoms with Crippen molar-refractivity contribution in [1.82, 2.24) is 19.9 Å². The van der Waals surface area contributed by atoms with E-state index >= 15 is 0 Å². The Morgan fingerprint density at radius 3 is 2.44 bits per heavy atom. The fourth-order valence-corrected chi connectivity index (χ4v) is 2.08. The highest BCUT2D eigenvalue weighted by atomic mass is 16.5. The van der Waals surface area contributed by atoms with Crippen LogP contribution in [0.25, 0.3) is 0 Å². The first-order valence-electron chi connectivity index (χ1n) is 6.57. The molecule has 102 valence electrons. The summed E-state index contributed by atoms with van der Waals surface area (Å²) in [4.78, 5) is 8.98. The van der Waals surface area contributed by atoms with Gasteiger partial charge < -0.3 is 9.63 Å². The maximum Gasteiger partial charge on any atom is 0.229 e. The average Bonchev–Trinajstić information content (AvgIpc) is 2.81. The molecule has 0 spiro atoms. The van der Waals surface area contributed by atoms with Crippen LogP contribution in [0.1, 0.15) is 31.5 Å². The highest BCUT2D eigenvalue weighted by Crippen LogP contribution is 2.12. The summed E-state index contributed by atoms with van der Waals surface area (Å²) in [5, 5.41) is 12.9. The monoisotopic (exact) mass is 254 g/mol. The predicted molar refractivity (Wildman–Crippen MR) is 67.2 cm³/mol. The van der Waals surface area contributed by atoms with Crippen molar-refractivity contribution in [3.63, 3.8) is 0 Å². The number of hydrogen-bond acceptors (Lipinski definition) is 6. The SMILES string of the molecule is CC(C)c1nc(CN2CCN(CCO)CC2)no1. The van der Waals surface area contributed by atoms with Gasteiger partial charge in [0.15, 0.2) is 5.82 Å². The quantitative estimate of drug-likeness (QED) is 0.815. The summed E-state index contributed by atoms with van der Waals surface area (Å²) in [6, 6.07) is 0. The van der Waals surface area contributed by atoms with Crippen molar-refractivity contribution in [3.8, 4) is 0 Å². The Kier molecular flexibility index (Phi) is 4.68. The molecule has 0 aromatic carbocycles. The van der Waals surface area contributed by atoms with Crippen molar-refractivity contribution in [2.45, 2.75) is 26.3 Å². The molecule has 6 nitrogen and oxygen atoms in total. The molecule has 0 atom stereocenters. The van der Waals surface area contributed by atoms with Crippen molar-refractivity contribution < 1.29 is 9.63 Å². The molecule has 1 aromatic rings. The third-order valence-corrected chi connectivity index (χ3v) is 3.22. The minimum Gasteiger partial charge on any atom is -0.395 e. The lowest BCUT2D eigenvalue weighted by Crippen LogP contribution is -2.46. The molecule has 0 saturated carbocycles. The van der Waals surface area contributed by atoms with E-state index in [1.165, 1.54) is 0 Å². The molecule has 1 aliphatic rings. The Morgan fingerprint density at radius 1 is 1.22 bits per heavy atom. The number of hydrogen-bond donors (Lipinski definition) is 1. The summed E-state index contributed by atoms with van der Waals surface area (Å²) in [5.74, 6) is 1.77. The van der Waals surface area contributed by atoms with Crippen LogP contribution >= 0.6 is 0 Å². The Hall–Kier alpha value is -0.980. The lowest BCUT2D eigenvalue weighted by atomic mass is 10.2. The van der Waals surface area contributed by atoms with Crippen LogP contribution in [-0.2, 0) is 6.54 Å². The van der Waals surface area contributed by atoms with Gasteiger partial charge in [0, 0.05) is 38.6 Å². The number of aromatic nitrogens is 2. The van der Waals surface area contributed by atoms with Gasteiger partial charge in [-0.1, -0.05) is 19.0 Å². The zero-order valence-corrected chi connectivity index (χ0v) is 11.2. The van der Waals surface area contributed by atoms with Crippen LogP contribution in [0.15, 0.2) is 4.52 Å². The third-order valence-electron chi connectivity index (χ3n) is 3.22. The van der Waals surface area contributed by atoms with Crippen LogP contribution < -0.4 is 0 Å². The highest BCUT2D eigenvalue weighted by molar-refractivity contribution is 4.91. The molecule has 18 heavy (non-hydrogen) atoms. The second-order valence-electron chi connectivity index (χ2n) is 5.04. The molecule has 0 amide bonds. The van der Waals surface area contributed by atoms with E-state index in [1.54, 1.807) is 0 Å². The molecular formula is C12H22N4O2.